The molecule has 2 aromatic heterocycles. The lowest BCUT2D eigenvalue weighted by Gasteiger charge is -2.16. The van der Waals surface area contributed by atoms with Crippen LogP contribution in [0, 0.1) is 6.92 Å². The zero-order valence-electron chi connectivity index (χ0n) is 18.9. The molecule has 5 nitrogen and oxygen atoms in total. The Hall–Kier alpha value is -3.21. The SMILES string of the molecule is Cc1cccc(-n2nc(CCn3ccnc3)nc2CCCc2ccc3c(c2)CCCC3)c1. The van der Waals surface area contributed by atoms with Crippen LogP contribution in [-0.4, -0.2) is 24.3 Å². The highest BCUT2D eigenvalue weighted by Crippen LogP contribution is 2.23. The van der Waals surface area contributed by atoms with Gasteiger partial charge < -0.3 is 4.57 Å². The van der Waals surface area contributed by atoms with Crippen LogP contribution in [0.3, 0.4) is 0 Å². The van der Waals surface area contributed by atoms with E-state index in [1.54, 1.807) is 11.1 Å². The lowest BCUT2D eigenvalue weighted by atomic mass is 9.89. The molecule has 0 saturated carbocycles. The van der Waals surface area contributed by atoms with Crippen molar-refractivity contribution in [1.82, 2.24) is 24.3 Å². The molecular formula is C27H31N5. The maximum absolute atomic E-state index is 4.94. The third-order valence-corrected chi connectivity index (χ3v) is 6.40. The molecule has 0 radical (unpaired) electrons. The molecule has 32 heavy (non-hydrogen) atoms. The van der Waals surface area contributed by atoms with Gasteiger partial charge in [-0.2, -0.15) is 5.10 Å². The van der Waals surface area contributed by atoms with Crippen LogP contribution in [0.5, 0.6) is 0 Å². The molecular weight excluding hydrogens is 394 g/mol. The Balaban J connectivity index is 1.31. The molecule has 5 rings (SSSR count). The van der Waals surface area contributed by atoms with E-state index < -0.39 is 0 Å². The Labute approximate surface area is 190 Å². The van der Waals surface area contributed by atoms with Gasteiger partial charge >= 0.3 is 0 Å². The monoisotopic (exact) mass is 425 g/mol. The smallest absolute Gasteiger partial charge is 0.153 e. The molecule has 164 valence electrons. The number of hydrogen-bond donors (Lipinski definition) is 0. The van der Waals surface area contributed by atoms with Crippen molar-refractivity contribution >= 4 is 0 Å². The van der Waals surface area contributed by atoms with Gasteiger partial charge in [-0.3, -0.25) is 0 Å². The molecule has 0 spiro atoms. The van der Waals surface area contributed by atoms with Crippen LogP contribution in [0.4, 0.5) is 0 Å². The van der Waals surface area contributed by atoms with Crippen LogP contribution in [-0.2, 0) is 38.6 Å². The van der Waals surface area contributed by atoms with Crippen molar-refractivity contribution in [1.29, 1.82) is 0 Å². The Bertz CT molecular complexity index is 1170. The second-order valence-corrected chi connectivity index (χ2v) is 8.91. The van der Waals surface area contributed by atoms with E-state index in [2.05, 4.69) is 58.9 Å². The quantitative estimate of drug-likeness (QED) is 0.396. The summed E-state index contributed by atoms with van der Waals surface area (Å²) in [5, 5.41) is 4.88. The molecule has 0 amide bonds. The standard InChI is InChI=1S/C27H31N5/c1-21-6-4-10-25(18-21)32-27(29-26(30-32)14-16-31-17-15-28-20-31)11-5-7-22-12-13-23-8-2-3-9-24(23)19-22/h4,6,10,12-13,15,17-20H,2-3,5,7-9,11,14,16H2,1H3. The van der Waals surface area contributed by atoms with Crippen LogP contribution >= 0.6 is 0 Å². The third-order valence-electron chi connectivity index (χ3n) is 6.40. The minimum Gasteiger partial charge on any atom is -0.337 e. The highest BCUT2D eigenvalue weighted by molar-refractivity contribution is 5.36. The minimum atomic E-state index is 0.799. The summed E-state index contributed by atoms with van der Waals surface area (Å²) in [5.74, 6) is 1.94. The predicted octanol–water partition coefficient (Wildman–Crippen LogP) is 5.07. The number of fused-ring (bicyclic) bond motifs is 1. The lowest BCUT2D eigenvalue weighted by Crippen LogP contribution is -2.05. The topological polar surface area (TPSA) is 48.5 Å². The molecule has 0 unspecified atom stereocenters. The van der Waals surface area contributed by atoms with Crippen molar-refractivity contribution in [3.63, 3.8) is 0 Å². The van der Waals surface area contributed by atoms with Crippen LogP contribution in [0.2, 0.25) is 0 Å². The average molecular weight is 426 g/mol. The molecule has 0 N–H and O–H groups in total. The zero-order chi connectivity index (χ0) is 21.8. The summed E-state index contributed by atoms with van der Waals surface area (Å²) in [5.41, 5.74) is 6.90. The lowest BCUT2D eigenvalue weighted by molar-refractivity contribution is 0.667. The second kappa shape index (κ2) is 9.51. The van der Waals surface area contributed by atoms with Crippen molar-refractivity contribution in [2.45, 2.75) is 64.8 Å². The minimum absolute atomic E-state index is 0.799. The van der Waals surface area contributed by atoms with Crippen molar-refractivity contribution in [2.75, 3.05) is 0 Å². The van der Waals surface area contributed by atoms with Gasteiger partial charge in [-0.1, -0.05) is 30.3 Å². The van der Waals surface area contributed by atoms with E-state index in [1.165, 1.54) is 36.8 Å². The molecule has 0 fully saturated rings. The van der Waals surface area contributed by atoms with E-state index in [0.29, 0.717) is 0 Å². The summed E-state index contributed by atoms with van der Waals surface area (Å²) in [4.78, 5) is 9.06. The van der Waals surface area contributed by atoms with Gasteiger partial charge in [-0.05, 0) is 79.8 Å². The van der Waals surface area contributed by atoms with Gasteiger partial charge in [0.1, 0.15) is 5.82 Å². The molecule has 1 aliphatic rings. The van der Waals surface area contributed by atoms with Gasteiger partial charge in [0.25, 0.3) is 0 Å². The normalized spacial score (nSPS) is 13.3. The fourth-order valence-corrected chi connectivity index (χ4v) is 4.67. The predicted molar refractivity (Wildman–Crippen MR) is 127 cm³/mol. The molecule has 5 heteroatoms. The van der Waals surface area contributed by atoms with Gasteiger partial charge in [0.2, 0.25) is 0 Å². The third kappa shape index (κ3) is 4.82. The van der Waals surface area contributed by atoms with Gasteiger partial charge in [0.15, 0.2) is 5.82 Å². The molecule has 0 saturated heterocycles. The van der Waals surface area contributed by atoms with Gasteiger partial charge in [-0.25, -0.2) is 14.6 Å². The van der Waals surface area contributed by atoms with E-state index in [0.717, 1.165) is 49.6 Å². The van der Waals surface area contributed by atoms with Crippen LogP contribution in [0.15, 0.2) is 61.2 Å². The first-order chi connectivity index (χ1) is 15.7. The van der Waals surface area contributed by atoms with Gasteiger partial charge in [0.05, 0.1) is 12.0 Å². The molecule has 0 aliphatic heterocycles. The molecule has 4 aromatic rings. The van der Waals surface area contributed by atoms with Gasteiger partial charge in [0, 0.05) is 31.8 Å². The summed E-state index contributed by atoms with van der Waals surface area (Å²) in [7, 11) is 0. The summed E-state index contributed by atoms with van der Waals surface area (Å²) in [6, 6.07) is 15.6. The Morgan fingerprint density at radius 2 is 1.84 bits per heavy atom. The Morgan fingerprint density at radius 1 is 0.938 bits per heavy atom. The highest BCUT2D eigenvalue weighted by Gasteiger charge is 2.13. The second-order valence-electron chi connectivity index (χ2n) is 8.91. The van der Waals surface area contributed by atoms with E-state index in [1.807, 2.05) is 23.4 Å². The zero-order valence-corrected chi connectivity index (χ0v) is 18.9. The van der Waals surface area contributed by atoms with Gasteiger partial charge in [-0.15, -0.1) is 0 Å². The maximum atomic E-state index is 4.94. The van der Waals surface area contributed by atoms with Crippen molar-refractivity contribution in [2.24, 2.45) is 0 Å². The summed E-state index contributed by atoms with van der Waals surface area (Å²) in [6.45, 7) is 2.96. The maximum Gasteiger partial charge on any atom is 0.153 e. The van der Waals surface area contributed by atoms with E-state index in [4.69, 9.17) is 10.1 Å². The fourth-order valence-electron chi connectivity index (χ4n) is 4.67. The van der Waals surface area contributed by atoms with E-state index in [9.17, 15) is 0 Å². The van der Waals surface area contributed by atoms with Crippen molar-refractivity contribution in [3.8, 4) is 5.69 Å². The first-order valence-electron chi connectivity index (χ1n) is 11.8. The van der Waals surface area contributed by atoms with Crippen LogP contribution in [0.25, 0.3) is 5.69 Å². The summed E-state index contributed by atoms with van der Waals surface area (Å²) in [6.07, 6.45) is 14.7. The Morgan fingerprint density at radius 3 is 2.69 bits per heavy atom. The summed E-state index contributed by atoms with van der Waals surface area (Å²) >= 11 is 0. The molecule has 2 heterocycles. The number of aryl methyl sites for hydroxylation is 7. The number of nitrogens with zero attached hydrogens (tertiary/aromatic N) is 5. The average Bonchev–Trinajstić information content (AvgIpc) is 3.48. The number of aromatic nitrogens is 5. The Kier molecular flexibility index (Phi) is 6.15. The molecule has 0 atom stereocenters. The first kappa shape index (κ1) is 20.7. The molecule has 0 bridgehead atoms. The van der Waals surface area contributed by atoms with Crippen LogP contribution < -0.4 is 0 Å². The fraction of sp³-hybridized carbons (Fsp3) is 0.370. The van der Waals surface area contributed by atoms with Crippen molar-refractivity contribution < 1.29 is 0 Å². The number of rotatable bonds is 8. The number of imidazole rings is 1. The van der Waals surface area contributed by atoms with Crippen molar-refractivity contribution in [3.05, 3.63) is 95.1 Å². The molecule has 2 aromatic carbocycles. The van der Waals surface area contributed by atoms with E-state index >= 15 is 0 Å². The first-order valence-corrected chi connectivity index (χ1v) is 11.8. The number of hydrogen-bond acceptors (Lipinski definition) is 3. The molecule has 1 aliphatic carbocycles. The highest BCUT2D eigenvalue weighted by atomic mass is 15.4. The van der Waals surface area contributed by atoms with Crippen LogP contribution in [0.1, 0.15) is 53.2 Å². The summed E-state index contributed by atoms with van der Waals surface area (Å²) < 4.78 is 4.12. The number of benzene rings is 2. The van der Waals surface area contributed by atoms with E-state index in [-0.39, 0.29) is 0 Å². The largest absolute Gasteiger partial charge is 0.337 e.